The van der Waals surface area contributed by atoms with Crippen molar-refractivity contribution in [2.75, 3.05) is 0 Å². The molecule has 10 heavy (non-hydrogen) atoms. The molecule has 0 aromatic carbocycles. The van der Waals surface area contributed by atoms with Gasteiger partial charge in [-0.05, 0) is 18.6 Å². The first kappa shape index (κ1) is 6.74. The molecule has 0 amide bonds. The molecular weight excluding hydrogens is 128 g/mol. The van der Waals surface area contributed by atoms with Crippen molar-refractivity contribution in [1.82, 2.24) is 4.98 Å². The average molecular weight is 136 g/mol. The highest BCUT2D eigenvalue weighted by Crippen LogP contribution is 1.98. The van der Waals surface area contributed by atoms with Gasteiger partial charge >= 0.3 is 0 Å². The molecule has 1 N–H and O–H groups in total. The van der Waals surface area contributed by atoms with Gasteiger partial charge in [-0.1, -0.05) is 11.2 Å². The van der Waals surface area contributed by atoms with Gasteiger partial charge in [-0.25, -0.2) is 0 Å². The van der Waals surface area contributed by atoms with Crippen LogP contribution in [0.25, 0.3) is 0 Å². The van der Waals surface area contributed by atoms with Crippen LogP contribution >= 0.6 is 0 Å². The average Bonchev–Trinajstić information content (AvgIpc) is 1.94. The minimum atomic E-state index is 0.699. The lowest BCUT2D eigenvalue weighted by molar-refractivity contribution is 0.321. The van der Waals surface area contributed by atoms with Crippen LogP contribution in [-0.2, 0) is 0 Å². The second-order valence-electron chi connectivity index (χ2n) is 1.95. The van der Waals surface area contributed by atoms with Crippen molar-refractivity contribution >= 4 is 6.21 Å². The number of rotatable bonds is 1. The first-order valence-corrected chi connectivity index (χ1v) is 2.93. The number of aryl methyl sites for hydroxylation is 1. The van der Waals surface area contributed by atoms with Gasteiger partial charge < -0.3 is 5.21 Å². The molecule has 0 unspecified atom stereocenters. The molecule has 0 aliphatic heterocycles. The summed E-state index contributed by atoms with van der Waals surface area (Å²) in [5, 5.41) is 11.1. The van der Waals surface area contributed by atoms with Crippen LogP contribution in [0.5, 0.6) is 0 Å². The van der Waals surface area contributed by atoms with Crippen LogP contribution in [0.2, 0.25) is 0 Å². The summed E-state index contributed by atoms with van der Waals surface area (Å²) < 4.78 is 0. The van der Waals surface area contributed by atoms with Gasteiger partial charge in [0.2, 0.25) is 0 Å². The largest absolute Gasteiger partial charge is 0.411 e. The summed E-state index contributed by atoms with van der Waals surface area (Å²) in [6.45, 7) is 1.91. The molecular formula is C7H8N2O. The predicted octanol–water partition coefficient (Wildman–Crippen LogP) is 1.20. The van der Waals surface area contributed by atoms with E-state index in [9.17, 15) is 0 Å². The van der Waals surface area contributed by atoms with Gasteiger partial charge in [0, 0.05) is 6.20 Å². The number of hydrogen-bond donors (Lipinski definition) is 1. The molecule has 0 bridgehead atoms. The monoisotopic (exact) mass is 136 g/mol. The summed E-state index contributed by atoms with van der Waals surface area (Å²) in [7, 11) is 0. The van der Waals surface area contributed by atoms with Gasteiger partial charge in [-0.15, -0.1) is 0 Å². The highest BCUT2D eigenvalue weighted by atomic mass is 16.4. The van der Waals surface area contributed by atoms with Crippen LogP contribution in [-0.4, -0.2) is 16.4 Å². The van der Waals surface area contributed by atoms with Gasteiger partial charge in [0.15, 0.2) is 0 Å². The van der Waals surface area contributed by atoms with E-state index in [2.05, 4.69) is 10.1 Å². The summed E-state index contributed by atoms with van der Waals surface area (Å²) in [6, 6.07) is 3.74. The summed E-state index contributed by atoms with van der Waals surface area (Å²) in [5.41, 5.74) is 1.70. The third-order valence-electron chi connectivity index (χ3n) is 1.23. The Morgan fingerprint density at radius 2 is 2.50 bits per heavy atom. The van der Waals surface area contributed by atoms with Gasteiger partial charge in [0.1, 0.15) is 0 Å². The smallest absolute Gasteiger partial charge is 0.0920 e. The van der Waals surface area contributed by atoms with E-state index in [1.807, 2.05) is 19.1 Å². The normalized spacial score (nSPS) is 10.5. The lowest BCUT2D eigenvalue weighted by Crippen LogP contribution is -1.89. The Labute approximate surface area is 59.0 Å². The molecule has 0 fully saturated rings. The molecule has 0 saturated heterocycles. The Kier molecular flexibility index (Phi) is 1.99. The van der Waals surface area contributed by atoms with Crippen molar-refractivity contribution in [1.29, 1.82) is 0 Å². The SMILES string of the molecule is Cc1cccnc1C=NO. The first-order chi connectivity index (χ1) is 4.84. The molecule has 52 valence electrons. The first-order valence-electron chi connectivity index (χ1n) is 2.93. The van der Waals surface area contributed by atoms with Crippen LogP contribution in [0.3, 0.4) is 0 Å². The van der Waals surface area contributed by atoms with Crippen LogP contribution in [0.15, 0.2) is 23.5 Å². The molecule has 1 aromatic heterocycles. The quantitative estimate of drug-likeness (QED) is 0.358. The number of oxime groups is 1. The maximum absolute atomic E-state index is 8.17. The fourth-order valence-corrected chi connectivity index (χ4v) is 0.688. The summed E-state index contributed by atoms with van der Waals surface area (Å²) in [4.78, 5) is 3.96. The zero-order chi connectivity index (χ0) is 7.40. The van der Waals surface area contributed by atoms with E-state index in [1.54, 1.807) is 6.20 Å². The maximum Gasteiger partial charge on any atom is 0.0920 e. The molecule has 0 spiro atoms. The minimum Gasteiger partial charge on any atom is -0.411 e. The molecule has 0 atom stereocenters. The van der Waals surface area contributed by atoms with E-state index in [-0.39, 0.29) is 0 Å². The molecule has 0 aliphatic rings. The highest BCUT2D eigenvalue weighted by molar-refractivity contribution is 5.78. The predicted molar refractivity (Wildman–Crippen MR) is 38.4 cm³/mol. The third-order valence-corrected chi connectivity index (χ3v) is 1.23. The summed E-state index contributed by atoms with van der Waals surface area (Å²) in [5.74, 6) is 0. The van der Waals surface area contributed by atoms with Crippen molar-refractivity contribution in [3.05, 3.63) is 29.6 Å². The summed E-state index contributed by atoms with van der Waals surface area (Å²) in [6.07, 6.45) is 2.97. The van der Waals surface area contributed by atoms with Gasteiger partial charge in [-0.3, -0.25) is 4.98 Å². The van der Waals surface area contributed by atoms with E-state index in [0.29, 0.717) is 5.69 Å². The molecule has 1 aromatic rings. The Balaban J connectivity index is 3.03. The Morgan fingerprint density at radius 1 is 1.70 bits per heavy atom. The van der Waals surface area contributed by atoms with E-state index in [1.165, 1.54) is 6.21 Å². The lowest BCUT2D eigenvalue weighted by atomic mass is 10.2. The summed E-state index contributed by atoms with van der Waals surface area (Å²) >= 11 is 0. The third kappa shape index (κ3) is 1.31. The molecule has 3 nitrogen and oxygen atoms in total. The second kappa shape index (κ2) is 2.96. The van der Waals surface area contributed by atoms with Crippen LogP contribution < -0.4 is 0 Å². The molecule has 0 radical (unpaired) electrons. The number of aromatic nitrogens is 1. The van der Waals surface area contributed by atoms with Crippen molar-refractivity contribution in [2.45, 2.75) is 6.92 Å². The molecule has 0 aliphatic carbocycles. The molecule has 1 rings (SSSR count). The van der Waals surface area contributed by atoms with E-state index < -0.39 is 0 Å². The van der Waals surface area contributed by atoms with E-state index >= 15 is 0 Å². The minimum absolute atomic E-state index is 0.699. The van der Waals surface area contributed by atoms with Gasteiger partial charge in [-0.2, -0.15) is 0 Å². The van der Waals surface area contributed by atoms with Crippen LogP contribution in [0, 0.1) is 6.92 Å². The van der Waals surface area contributed by atoms with Crippen LogP contribution in [0.4, 0.5) is 0 Å². The van der Waals surface area contributed by atoms with Crippen molar-refractivity contribution in [3.8, 4) is 0 Å². The number of hydrogen-bond acceptors (Lipinski definition) is 3. The van der Waals surface area contributed by atoms with E-state index in [0.717, 1.165) is 5.56 Å². The van der Waals surface area contributed by atoms with Crippen molar-refractivity contribution in [3.63, 3.8) is 0 Å². The van der Waals surface area contributed by atoms with Crippen molar-refractivity contribution < 1.29 is 5.21 Å². The standard InChI is InChI=1S/C7H8N2O/c1-6-3-2-4-8-7(6)5-9-10/h2-5,10H,1H3. The maximum atomic E-state index is 8.17. The van der Waals surface area contributed by atoms with Crippen molar-refractivity contribution in [2.24, 2.45) is 5.16 Å². The zero-order valence-corrected chi connectivity index (χ0v) is 5.65. The Hall–Kier alpha value is -1.38. The topological polar surface area (TPSA) is 45.5 Å². The molecule has 1 heterocycles. The Bertz CT molecular complexity index is 245. The lowest BCUT2D eigenvalue weighted by Gasteiger charge is -1.93. The van der Waals surface area contributed by atoms with Gasteiger partial charge in [0.05, 0.1) is 11.9 Å². The fraction of sp³-hybridized carbons (Fsp3) is 0.143. The highest BCUT2D eigenvalue weighted by Gasteiger charge is 1.91. The zero-order valence-electron chi connectivity index (χ0n) is 5.65. The second-order valence-corrected chi connectivity index (χ2v) is 1.95. The Morgan fingerprint density at radius 3 is 3.10 bits per heavy atom. The van der Waals surface area contributed by atoms with E-state index in [4.69, 9.17) is 5.21 Å². The van der Waals surface area contributed by atoms with Gasteiger partial charge in [0.25, 0.3) is 0 Å². The molecule has 0 saturated carbocycles. The van der Waals surface area contributed by atoms with Crippen LogP contribution in [0.1, 0.15) is 11.3 Å². The number of pyridine rings is 1. The fourth-order valence-electron chi connectivity index (χ4n) is 0.688. The molecule has 3 heteroatoms. The number of nitrogens with zero attached hydrogens (tertiary/aromatic N) is 2.